The second-order valence-corrected chi connectivity index (χ2v) is 6.24. The largest absolute Gasteiger partial charge is 0.316 e. The smallest absolute Gasteiger partial charge is 0.0520 e. The molecule has 110 valence electrons. The topological polar surface area (TPSA) is 52.0 Å². The molecule has 2 nitrogen and oxygen atoms in total. The van der Waals surface area contributed by atoms with Gasteiger partial charge in [0.25, 0.3) is 0 Å². The summed E-state index contributed by atoms with van der Waals surface area (Å²) in [5, 5.41) is 0. The summed E-state index contributed by atoms with van der Waals surface area (Å²) in [5.74, 6) is 1.76. The summed E-state index contributed by atoms with van der Waals surface area (Å²) >= 11 is 0. The summed E-state index contributed by atoms with van der Waals surface area (Å²) in [5.41, 5.74) is 11.1. The summed E-state index contributed by atoms with van der Waals surface area (Å²) in [6.07, 6.45) is 13.1. The number of nitrogens with two attached hydrogens (primary N) is 2. The molecular weight excluding hydrogens is 220 g/mol. The van der Waals surface area contributed by atoms with Crippen LogP contribution in [0.4, 0.5) is 0 Å². The van der Waals surface area contributed by atoms with E-state index in [9.17, 15) is 0 Å². The lowest BCUT2D eigenvalue weighted by Crippen LogP contribution is -2.29. The number of rotatable bonds is 12. The Balaban J connectivity index is 3.40. The van der Waals surface area contributed by atoms with E-state index in [0.717, 1.165) is 18.3 Å². The van der Waals surface area contributed by atoms with E-state index < -0.39 is 0 Å². The van der Waals surface area contributed by atoms with Gasteiger partial charge in [0.05, 0.1) is 6.17 Å². The standard InChI is InChI=1S/C16H36N2/c1-4-5-6-7-10-14(2)13-15(3)11-8-9-12-16(17)18/h14-16H,4-13,17-18H2,1-3H3. The predicted molar refractivity (Wildman–Crippen MR) is 82.3 cm³/mol. The van der Waals surface area contributed by atoms with E-state index in [1.54, 1.807) is 0 Å². The predicted octanol–water partition coefficient (Wildman–Crippen LogP) is 4.42. The van der Waals surface area contributed by atoms with E-state index in [1.807, 2.05) is 0 Å². The first kappa shape index (κ1) is 17.9. The highest BCUT2D eigenvalue weighted by Crippen LogP contribution is 2.22. The van der Waals surface area contributed by atoms with E-state index in [2.05, 4.69) is 20.8 Å². The van der Waals surface area contributed by atoms with Crippen LogP contribution >= 0.6 is 0 Å². The highest BCUT2D eigenvalue weighted by Gasteiger charge is 2.08. The highest BCUT2D eigenvalue weighted by molar-refractivity contribution is 4.61. The maximum atomic E-state index is 5.55. The first-order chi connectivity index (χ1) is 8.56. The molecule has 0 bridgehead atoms. The molecule has 0 aromatic heterocycles. The molecule has 0 spiro atoms. The van der Waals surface area contributed by atoms with Crippen LogP contribution in [-0.4, -0.2) is 6.17 Å². The van der Waals surface area contributed by atoms with E-state index in [-0.39, 0.29) is 6.17 Å². The van der Waals surface area contributed by atoms with E-state index >= 15 is 0 Å². The van der Waals surface area contributed by atoms with Crippen molar-refractivity contribution in [3.8, 4) is 0 Å². The van der Waals surface area contributed by atoms with Crippen LogP contribution in [0.25, 0.3) is 0 Å². The third-order valence-electron chi connectivity index (χ3n) is 3.84. The molecule has 0 aromatic rings. The van der Waals surface area contributed by atoms with Crippen LogP contribution in [0.2, 0.25) is 0 Å². The molecule has 18 heavy (non-hydrogen) atoms. The van der Waals surface area contributed by atoms with E-state index in [4.69, 9.17) is 11.5 Å². The maximum Gasteiger partial charge on any atom is 0.0520 e. The van der Waals surface area contributed by atoms with Crippen molar-refractivity contribution in [2.45, 2.75) is 91.1 Å². The Bertz CT molecular complexity index is 168. The van der Waals surface area contributed by atoms with Crippen LogP contribution in [0.15, 0.2) is 0 Å². The first-order valence-electron chi connectivity index (χ1n) is 8.07. The molecule has 0 saturated heterocycles. The Hall–Kier alpha value is -0.0800. The second kappa shape index (κ2) is 12.0. The van der Waals surface area contributed by atoms with Gasteiger partial charge in [-0.3, -0.25) is 0 Å². The fourth-order valence-electron chi connectivity index (χ4n) is 2.72. The molecule has 0 heterocycles. The van der Waals surface area contributed by atoms with Crippen molar-refractivity contribution in [1.82, 2.24) is 0 Å². The van der Waals surface area contributed by atoms with Gasteiger partial charge in [-0.1, -0.05) is 72.1 Å². The monoisotopic (exact) mass is 256 g/mol. The Kier molecular flexibility index (Phi) is 11.9. The minimum Gasteiger partial charge on any atom is -0.316 e. The number of hydrogen-bond acceptors (Lipinski definition) is 2. The lowest BCUT2D eigenvalue weighted by molar-refractivity contribution is 0.356. The van der Waals surface area contributed by atoms with Crippen LogP contribution < -0.4 is 11.5 Å². The van der Waals surface area contributed by atoms with Crippen molar-refractivity contribution in [2.75, 3.05) is 0 Å². The quantitative estimate of drug-likeness (QED) is 0.401. The summed E-state index contributed by atoms with van der Waals surface area (Å²) in [6.45, 7) is 7.09. The van der Waals surface area contributed by atoms with Gasteiger partial charge >= 0.3 is 0 Å². The zero-order chi connectivity index (χ0) is 13.8. The zero-order valence-electron chi connectivity index (χ0n) is 13.0. The van der Waals surface area contributed by atoms with Gasteiger partial charge in [0, 0.05) is 0 Å². The van der Waals surface area contributed by atoms with Crippen molar-refractivity contribution < 1.29 is 0 Å². The van der Waals surface area contributed by atoms with Crippen LogP contribution in [0, 0.1) is 11.8 Å². The molecule has 0 rings (SSSR count). The van der Waals surface area contributed by atoms with Crippen LogP contribution in [0.5, 0.6) is 0 Å². The normalized spacial score (nSPS) is 15.0. The van der Waals surface area contributed by atoms with Gasteiger partial charge in [-0.2, -0.15) is 0 Å². The summed E-state index contributed by atoms with van der Waals surface area (Å²) < 4.78 is 0. The van der Waals surface area contributed by atoms with Gasteiger partial charge in [0.2, 0.25) is 0 Å². The molecule has 0 aliphatic rings. The van der Waals surface area contributed by atoms with Crippen LogP contribution in [0.3, 0.4) is 0 Å². The minimum atomic E-state index is -0.113. The van der Waals surface area contributed by atoms with E-state index in [0.29, 0.717) is 0 Å². The molecule has 2 unspecified atom stereocenters. The average Bonchev–Trinajstić information content (AvgIpc) is 2.30. The summed E-state index contributed by atoms with van der Waals surface area (Å²) in [7, 11) is 0. The molecule has 2 heteroatoms. The first-order valence-corrected chi connectivity index (χ1v) is 8.07. The SMILES string of the molecule is CCCCCCC(C)CC(C)CCCCC(N)N. The highest BCUT2D eigenvalue weighted by atomic mass is 14.8. The molecule has 0 aromatic carbocycles. The molecule has 0 saturated carbocycles. The lowest BCUT2D eigenvalue weighted by atomic mass is 9.89. The minimum absolute atomic E-state index is 0.113. The Morgan fingerprint density at radius 1 is 0.722 bits per heavy atom. The molecule has 2 atom stereocenters. The molecule has 0 radical (unpaired) electrons. The van der Waals surface area contributed by atoms with Crippen LogP contribution in [-0.2, 0) is 0 Å². The lowest BCUT2D eigenvalue weighted by Gasteiger charge is -2.17. The maximum absolute atomic E-state index is 5.55. The Morgan fingerprint density at radius 2 is 1.22 bits per heavy atom. The van der Waals surface area contributed by atoms with Crippen molar-refractivity contribution in [2.24, 2.45) is 23.3 Å². The summed E-state index contributed by atoms with van der Waals surface area (Å²) in [6, 6.07) is 0. The molecule has 4 N–H and O–H groups in total. The summed E-state index contributed by atoms with van der Waals surface area (Å²) in [4.78, 5) is 0. The molecule has 0 aliphatic carbocycles. The van der Waals surface area contributed by atoms with Gasteiger partial charge in [0.1, 0.15) is 0 Å². The van der Waals surface area contributed by atoms with Gasteiger partial charge in [-0.15, -0.1) is 0 Å². The van der Waals surface area contributed by atoms with Gasteiger partial charge < -0.3 is 11.5 Å². The fraction of sp³-hybridized carbons (Fsp3) is 1.00. The third kappa shape index (κ3) is 12.4. The van der Waals surface area contributed by atoms with Gasteiger partial charge in [0.15, 0.2) is 0 Å². The average molecular weight is 256 g/mol. The van der Waals surface area contributed by atoms with Crippen molar-refractivity contribution in [1.29, 1.82) is 0 Å². The van der Waals surface area contributed by atoms with Crippen molar-refractivity contribution >= 4 is 0 Å². The van der Waals surface area contributed by atoms with Crippen molar-refractivity contribution in [3.63, 3.8) is 0 Å². The Labute approximate surface area is 115 Å². The van der Waals surface area contributed by atoms with Crippen LogP contribution in [0.1, 0.15) is 85.0 Å². The molecular formula is C16H36N2. The molecule has 0 amide bonds. The third-order valence-corrected chi connectivity index (χ3v) is 3.84. The second-order valence-electron chi connectivity index (χ2n) is 6.24. The fourth-order valence-corrected chi connectivity index (χ4v) is 2.72. The van der Waals surface area contributed by atoms with Crippen molar-refractivity contribution in [3.05, 3.63) is 0 Å². The number of unbranched alkanes of at least 4 members (excludes halogenated alkanes) is 4. The van der Waals surface area contributed by atoms with Gasteiger partial charge in [-0.25, -0.2) is 0 Å². The van der Waals surface area contributed by atoms with E-state index in [1.165, 1.54) is 57.8 Å². The van der Waals surface area contributed by atoms with Gasteiger partial charge in [-0.05, 0) is 24.7 Å². The molecule has 0 aliphatic heterocycles. The number of hydrogen-bond donors (Lipinski definition) is 2. The Morgan fingerprint density at radius 3 is 1.72 bits per heavy atom. The molecule has 0 fully saturated rings. The zero-order valence-corrected chi connectivity index (χ0v) is 13.0.